The van der Waals surface area contributed by atoms with E-state index in [1.807, 2.05) is 52.7 Å². The van der Waals surface area contributed by atoms with Crippen molar-refractivity contribution < 1.29 is 9.53 Å². The minimum atomic E-state index is -0.308. The molecule has 0 aliphatic rings. The predicted molar refractivity (Wildman–Crippen MR) is 77.8 cm³/mol. The Balaban J connectivity index is 2.13. The number of aromatic nitrogens is 2. The first-order chi connectivity index (χ1) is 9.70. The number of hydrogen-bond donors (Lipinski definition) is 0. The molecule has 0 saturated heterocycles. The number of rotatable bonds is 3. The quantitative estimate of drug-likeness (QED) is 0.685. The van der Waals surface area contributed by atoms with Gasteiger partial charge in [-0.3, -0.25) is 0 Å². The Morgan fingerprint density at radius 1 is 1.15 bits per heavy atom. The standard InChI is InChI=1S/C16H16N2O2/c1-17-9-8-13-14(17)10-15(16(19)20-2)18(13)11-12-6-4-3-5-7-12/h3-10H,11H2,1-2H3. The zero-order chi connectivity index (χ0) is 14.1. The summed E-state index contributed by atoms with van der Waals surface area (Å²) >= 11 is 0. The molecule has 0 bridgehead atoms. The number of methoxy groups -OCH3 is 1. The zero-order valence-corrected chi connectivity index (χ0v) is 11.5. The van der Waals surface area contributed by atoms with Gasteiger partial charge in [0.15, 0.2) is 0 Å². The van der Waals surface area contributed by atoms with Gasteiger partial charge >= 0.3 is 5.97 Å². The van der Waals surface area contributed by atoms with Crippen molar-refractivity contribution in [3.05, 3.63) is 59.9 Å². The molecule has 0 unspecified atom stereocenters. The van der Waals surface area contributed by atoms with Crippen molar-refractivity contribution in [2.75, 3.05) is 7.11 Å². The van der Waals surface area contributed by atoms with Gasteiger partial charge in [0, 0.05) is 19.8 Å². The summed E-state index contributed by atoms with van der Waals surface area (Å²) in [6.45, 7) is 0.652. The lowest BCUT2D eigenvalue weighted by atomic mass is 10.2. The van der Waals surface area contributed by atoms with Crippen LogP contribution in [0.4, 0.5) is 0 Å². The van der Waals surface area contributed by atoms with Crippen LogP contribution in [0.2, 0.25) is 0 Å². The molecule has 3 aromatic rings. The number of aryl methyl sites for hydroxylation is 1. The van der Waals surface area contributed by atoms with E-state index < -0.39 is 0 Å². The molecule has 2 heterocycles. The molecule has 4 heteroatoms. The highest BCUT2D eigenvalue weighted by Crippen LogP contribution is 2.22. The summed E-state index contributed by atoms with van der Waals surface area (Å²) in [6, 6.07) is 14.0. The van der Waals surface area contributed by atoms with Gasteiger partial charge in [0.25, 0.3) is 0 Å². The van der Waals surface area contributed by atoms with Gasteiger partial charge in [0.05, 0.1) is 18.1 Å². The third-order valence-corrected chi connectivity index (χ3v) is 3.53. The van der Waals surface area contributed by atoms with E-state index in [1.54, 1.807) is 0 Å². The van der Waals surface area contributed by atoms with E-state index in [-0.39, 0.29) is 5.97 Å². The Hall–Kier alpha value is -2.49. The van der Waals surface area contributed by atoms with Crippen molar-refractivity contribution in [1.29, 1.82) is 0 Å². The fourth-order valence-electron chi connectivity index (χ4n) is 2.48. The van der Waals surface area contributed by atoms with E-state index in [1.165, 1.54) is 7.11 Å². The van der Waals surface area contributed by atoms with Gasteiger partial charge in [-0.2, -0.15) is 0 Å². The summed E-state index contributed by atoms with van der Waals surface area (Å²) in [4.78, 5) is 12.0. The normalized spacial score (nSPS) is 10.9. The van der Waals surface area contributed by atoms with E-state index in [2.05, 4.69) is 12.1 Å². The lowest BCUT2D eigenvalue weighted by Crippen LogP contribution is -2.11. The molecule has 1 aromatic carbocycles. The molecular formula is C16H16N2O2. The van der Waals surface area contributed by atoms with Crippen LogP contribution >= 0.6 is 0 Å². The Kier molecular flexibility index (Phi) is 3.06. The maximum absolute atomic E-state index is 12.0. The molecule has 0 spiro atoms. The van der Waals surface area contributed by atoms with Crippen LogP contribution in [0.3, 0.4) is 0 Å². The minimum absolute atomic E-state index is 0.308. The summed E-state index contributed by atoms with van der Waals surface area (Å²) in [6.07, 6.45) is 1.99. The molecule has 0 radical (unpaired) electrons. The first kappa shape index (κ1) is 12.5. The number of carbonyl (C=O) groups excluding carboxylic acids is 1. The van der Waals surface area contributed by atoms with Crippen LogP contribution < -0.4 is 0 Å². The molecular weight excluding hydrogens is 252 g/mol. The van der Waals surface area contributed by atoms with Crippen molar-refractivity contribution in [3.8, 4) is 0 Å². The number of carbonyl (C=O) groups is 1. The van der Waals surface area contributed by atoms with Crippen LogP contribution in [0.5, 0.6) is 0 Å². The number of ether oxygens (including phenoxy) is 1. The molecule has 0 atom stereocenters. The fourth-order valence-corrected chi connectivity index (χ4v) is 2.48. The number of benzene rings is 1. The van der Waals surface area contributed by atoms with Gasteiger partial charge in [-0.25, -0.2) is 4.79 Å². The Morgan fingerprint density at radius 2 is 1.90 bits per heavy atom. The average molecular weight is 268 g/mol. The fraction of sp³-hybridized carbons (Fsp3) is 0.188. The monoisotopic (exact) mass is 268 g/mol. The van der Waals surface area contributed by atoms with Crippen molar-refractivity contribution in [1.82, 2.24) is 9.13 Å². The third-order valence-electron chi connectivity index (χ3n) is 3.53. The number of nitrogens with zero attached hydrogens (tertiary/aromatic N) is 2. The number of fused-ring (bicyclic) bond motifs is 1. The van der Waals surface area contributed by atoms with Gasteiger partial charge in [-0.05, 0) is 17.7 Å². The smallest absolute Gasteiger partial charge is 0.354 e. The molecule has 3 rings (SSSR count). The van der Waals surface area contributed by atoms with Crippen LogP contribution in [-0.2, 0) is 18.3 Å². The highest BCUT2D eigenvalue weighted by molar-refractivity contribution is 5.94. The van der Waals surface area contributed by atoms with Crippen molar-refractivity contribution >= 4 is 17.0 Å². The van der Waals surface area contributed by atoms with Crippen LogP contribution in [-0.4, -0.2) is 22.2 Å². The summed E-state index contributed by atoms with van der Waals surface area (Å²) in [5.74, 6) is -0.308. The summed E-state index contributed by atoms with van der Waals surface area (Å²) in [5.41, 5.74) is 3.80. The van der Waals surface area contributed by atoms with Crippen LogP contribution in [0.25, 0.3) is 11.0 Å². The number of hydrogen-bond acceptors (Lipinski definition) is 2. The second kappa shape index (κ2) is 4.89. The molecule has 0 saturated carbocycles. The number of esters is 1. The molecule has 0 aliphatic heterocycles. The molecule has 20 heavy (non-hydrogen) atoms. The van der Waals surface area contributed by atoms with Crippen LogP contribution in [0.1, 0.15) is 16.1 Å². The second-order valence-corrected chi connectivity index (χ2v) is 4.79. The molecule has 0 amide bonds. The van der Waals surface area contributed by atoms with Gasteiger partial charge in [0.1, 0.15) is 5.69 Å². The van der Waals surface area contributed by atoms with Crippen molar-refractivity contribution in [2.45, 2.75) is 6.54 Å². The molecule has 2 aromatic heterocycles. The maximum Gasteiger partial charge on any atom is 0.354 e. The second-order valence-electron chi connectivity index (χ2n) is 4.79. The Morgan fingerprint density at radius 3 is 2.60 bits per heavy atom. The highest BCUT2D eigenvalue weighted by atomic mass is 16.5. The summed E-state index contributed by atoms with van der Waals surface area (Å²) in [7, 11) is 3.38. The SMILES string of the molecule is COC(=O)c1cc2c(ccn2C)n1Cc1ccccc1. The van der Waals surface area contributed by atoms with E-state index in [4.69, 9.17) is 4.74 Å². The van der Waals surface area contributed by atoms with E-state index in [9.17, 15) is 4.79 Å². The molecule has 0 N–H and O–H groups in total. The third kappa shape index (κ3) is 1.99. The molecule has 0 aliphatic carbocycles. The summed E-state index contributed by atoms with van der Waals surface area (Å²) in [5, 5.41) is 0. The maximum atomic E-state index is 12.0. The Bertz CT molecular complexity index is 753. The first-order valence-electron chi connectivity index (χ1n) is 6.47. The van der Waals surface area contributed by atoms with Crippen LogP contribution in [0.15, 0.2) is 48.7 Å². The van der Waals surface area contributed by atoms with Crippen molar-refractivity contribution in [2.24, 2.45) is 7.05 Å². The van der Waals surface area contributed by atoms with E-state index in [0.29, 0.717) is 12.2 Å². The van der Waals surface area contributed by atoms with Gasteiger partial charge < -0.3 is 13.9 Å². The topological polar surface area (TPSA) is 36.2 Å². The van der Waals surface area contributed by atoms with Gasteiger partial charge in [-0.15, -0.1) is 0 Å². The molecule has 4 nitrogen and oxygen atoms in total. The van der Waals surface area contributed by atoms with Crippen molar-refractivity contribution in [3.63, 3.8) is 0 Å². The van der Waals surface area contributed by atoms with Gasteiger partial charge in [-0.1, -0.05) is 30.3 Å². The lowest BCUT2D eigenvalue weighted by Gasteiger charge is -2.08. The lowest BCUT2D eigenvalue weighted by molar-refractivity contribution is 0.0589. The largest absolute Gasteiger partial charge is 0.464 e. The highest BCUT2D eigenvalue weighted by Gasteiger charge is 2.17. The summed E-state index contributed by atoms with van der Waals surface area (Å²) < 4.78 is 8.88. The van der Waals surface area contributed by atoms with E-state index in [0.717, 1.165) is 16.6 Å². The first-order valence-corrected chi connectivity index (χ1v) is 6.47. The predicted octanol–water partition coefficient (Wildman–Crippen LogP) is 2.81. The molecule has 102 valence electrons. The average Bonchev–Trinajstić information content (AvgIpc) is 3.01. The zero-order valence-electron chi connectivity index (χ0n) is 11.5. The Labute approximate surface area is 117 Å². The minimum Gasteiger partial charge on any atom is -0.464 e. The molecule has 0 fully saturated rings. The van der Waals surface area contributed by atoms with Gasteiger partial charge in [0.2, 0.25) is 0 Å². The van der Waals surface area contributed by atoms with E-state index >= 15 is 0 Å². The van der Waals surface area contributed by atoms with Crippen LogP contribution in [0, 0.1) is 0 Å².